The van der Waals surface area contributed by atoms with Crippen LogP contribution in [0.15, 0.2) is 35.0 Å². The maximum atomic E-state index is 12.1. The number of aryl methyl sites for hydroxylation is 1. The monoisotopic (exact) mass is 330 g/mol. The highest BCUT2D eigenvalue weighted by Gasteiger charge is 2.34. The molecule has 7 heteroatoms. The van der Waals surface area contributed by atoms with Crippen LogP contribution in [0.3, 0.4) is 0 Å². The Bertz CT molecular complexity index is 688. The molecule has 1 aliphatic heterocycles. The molecule has 2 aromatic rings. The van der Waals surface area contributed by atoms with Crippen LogP contribution in [-0.2, 0) is 6.42 Å². The van der Waals surface area contributed by atoms with Gasteiger partial charge in [0.1, 0.15) is 5.82 Å². The van der Waals surface area contributed by atoms with Crippen molar-refractivity contribution in [2.75, 3.05) is 24.5 Å². The van der Waals surface area contributed by atoms with Crippen molar-refractivity contribution in [1.29, 1.82) is 0 Å². The van der Waals surface area contributed by atoms with Gasteiger partial charge in [-0.05, 0) is 31.4 Å². The summed E-state index contributed by atoms with van der Waals surface area (Å²) in [6, 6.07) is 7.33. The first-order chi connectivity index (χ1) is 11.6. The van der Waals surface area contributed by atoms with Crippen LogP contribution in [-0.4, -0.2) is 46.4 Å². The Kier molecular flexibility index (Phi) is 4.80. The average Bonchev–Trinajstić information content (AvgIpc) is 3.10. The van der Waals surface area contributed by atoms with Gasteiger partial charge in [0.15, 0.2) is 0 Å². The SMILES string of the molecule is CCc1cc(C(=O)NC[C@]2(O)CCCN(c3ccccn3)C2)on1. The van der Waals surface area contributed by atoms with Gasteiger partial charge in [0.05, 0.1) is 11.3 Å². The number of carbonyl (C=O) groups excluding carboxylic acids is 1. The first-order valence-corrected chi connectivity index (χ1v) is 8.22. The predicted molar refractivity (Wildman–Crippen MR) is 88.8 cm³/mol. The summed E-state index contributed by atoms with van der Waals surface area (Å²) in [6.45, 7) is 3.38. The Morgan fingerprint density at radius 1 is 1.50 bits per heavy atom. The van der Waals surface area contributed by atoms with E-state index < -0.39 is 5.60 Å². The highest BCUT2D eigenvalue weighted by atomic mass is 16.5. The van der Waals surface area contributed by atoms with Gasteiger partial charge in [0.25, 0.3) is 5.91 Å². The second-order valence-electron chi connectivity index (χ2n) is 6.16. The predicted octanol–water partition coefficient (Wildman–Crippen LogP) is 1.39. The van der Waals surface area contributed by atoms with Gasteiger partial charge in [-0.15, -0.1) is 0 Å². The Hall–Kier alpha value is -2.41. The third kappa shape index (κ3) is 3.73. The standard InChI is InChI=1S/C17H22N4O3/c1-2-13-10-14(24-20-13)16(22)19-11-17(23)7-5-9-21(12-17)15-6-3-4-8-18-15/h3-4,6,8,10,23H,2,5,7,9,11-12H2,1H3,(H,19,22)/t17-/m1/s1. The average molecular weight is 330 g/mol. The van der Waals surface area contributed by atoms with Gasteiger partial charge in [-0.2, -0.15) is 0 Å². The van der Waals surface area contributed by atoms with E-state index in [-0.39, 0.29) is 18.2 Å². The van der Waals surface area contributed by atoms with Crippen LogP contribution in [0.2, 0.25) is 0 Å². The van der Waals surface area contributed by atoms with Gasteiger partial charge < -0.3 is 19.8 Å². The van der Waals surface area contributed by atoms with Gasteiger partial charge >= 0.3 is 0 Å². The number of rotatable bonds is 5. The van der Waals surface area contributed by atoms with E-state index in [1.54, 1.807) is 12.3 Å². The summed E-state index contributed by atoms with van der Waals surface area (Å²) in [4.78, 5) is 18.5. The van der Waals surface area contributed by atoms with Crippen LogP contribution >= 0.6 is 0 Å². The molecule has 3 rings (SSSR count). The molecule has 1 saturated heterocycles. The Morgan fingerprint density at radius 2 is 2.38 bits per heavy atom. The number of anilines is 1. The van der Waals surface area contributed by atoms with Gasteiger partial charge in [-0.1, -0.05) is 18.1 Å². The number of hydrogen-bond acceptors (Lipinski definition) is 6. The topological polar surface area (TPSA) is 91.5 Å². The number of aliphatic hydroxyl groups is 1. The maximum absolute atomic E-state index is 12.1. The van der Waals surface area contributed by atoms with E-state index in [9.17, 15) is 9.90 Å². The fourth-order valence-corrected chi connectivity index (χ4v) is 2.91. The van der Waals surface area contributed by atoms with Gasteiger partial charge in [-0.3, -0.25) is 4.79 Å². The smallest absolute Gasteiger partial charge is 0.290 e. The lowest BCUT2D eigenvalue weighted by Gasteiger charge is -2.39. The van der Waals surface area contributed by atoms with E-state index in [0.717, 1.165) is 24.5 Å². The highest BCUT2D eigenvalue weighted by Crippen LogP contribution is 2.24. The minimum absolute atomic E-state index is 0.164. The van der Waals surface area contributed by atoms with E-state index in [1.807, 2.05) is 30.0 Å². The molecular weight excluding hydrogens is 308 g/mol. The summed E-state index contributed by atoms with van der Waals surface area (Å²) in [7, 11) is 0. The molecule has 1 atom stereocenters. The summed E-state index contributed by atoms with van der Waals surface area (Å²) in [5.74, 6) is 0.656. The molecule has 1 aliphatic rings. The van der Waals surface area contributed by atoms with E-state index in [1.165, 1.54) is 0 Å². The van der Waals surface area contributed by atoms with Crippen LogP contribution in [0.1, 0.15) is 36.0 Å². The van der Waals surface area contributed by atoms with Crippen molar-refractivity contribution in [3.05, 3.63) is 41.9 Å². The normalized spacial score (nSPS) is 20.8. The first kappa shape index (κ1) is 16.4. The summed E-state index contributed by atoms with van der Waals surface area (Å²) in [5, 5.41) is 17.4. The van der Waals surface area contributed by atoms with Crippen LogP contribution in [0.5, 0.6) is 0 Å². The quantitative estimate of drug-likeness (QED) is 0.861. The number of piperidine rings is 1. The van der Waals surface area contributed by atoms with Crippen molar-refractivity contribution in [2.24, 2.45) is 0 Å². The minimum atomic E-state index is -0.987. The Morgan fingerprint density at radius 3 is 3.08 bits per heavy atom. The lowest BCUT2D eigenvalue weighted by atomic mass is 9.92. The van der Waals surface area contributed by atoms with Gasteiger partial charge in [0.2, 0.25) is 5.76 Å². The number of nitrogens with one attached hydrogen (secondary N) is 1. The summed E-state index contributed by atoms with van der Waals surface area (Å²) >= 11 is 0. The third-order valence-electron chi connectivity index (χ3n) is 4.25. The number of carbonyl (C=O) groups is 1. The highest BCUT2D eigenvalue weighted by molar-refractivity contribution is 5.91. The zero-order chi connectivity index (χ0) is 17.0. The van der Waals surface area contributed by atoms with Crippen LogP contribution in [0, 0.1) is 0 Å². The molecule has 2 N–H and O–H groups in total. The lowest BCUT2D eigenvalue weighted by Crippen LogP contribution is -2.54. The van der Waals surface area contributed by atoms with E-state index in [4.69, 9.17) is 4.52 Å². The van der Waals surface area contributed by atoms with Crippen molar-refractivity contribution in [2.45, 2.75) is 31.8 Å². The maximum Gasteiger partial charge on any atom is 0.290 e. The molecule has 7 nitrogen and oxygen atoms in total. The number of aromatic nitrogens is 2. The molecular formula is C17H22N4O3. The molecule has 0 spiro atoms. The van der Waals surface area contributed by atoms with Crippen molar-refractivity contribution in [3.8, 4) is 0 Å². The zero-order valence-corrected chi connectivity index (χ0v) is 13.7. The fraction of sp³-hybridized carbons (Fsp3) is 0.471. The van der Waals surface area contributed by atoms with E-state index in [2.05, 4.69) is 15.5 Å². The van der Waals surface area contributed by atoms with Crippen LogP contribution < -0.4 is 10.2 Å². The molecule has 128 valence electrons. The number of nitrogens with zero attached hydrogens (tertiary/aromatic N) is 3. The molecule has 0 saturated carbocycles. The number of amides is 1. The summed E-state index contributed by atoms with van der Waals surface area (Å²) in [6.07, 6.45) is 3.91. The lowest BCUT2D eigenvalue weighted by molar-refractivity contribution is 0.0250. The van der Waals surface area contributed by atoms with Crippen molar-refractivity contribution in [1.82, 2.24) is 15.5 Å². The first-order valence-electron chi connectivity index (χ1n) is 8.22. The van der Waals surface area contributed by atoms with E-state index in [0.29, 0.717) is 19.4 Å². The van der Waals surface area contributed by atoms with Crippen LogP contribution in [0.4, 0.5) is 5.82 Å². The Labute approximate surface area is 140 Å². The molecule has 3 heterocycles. The molecule has 1 fully saturated rings. The molecule has 0 aromatic carbocycles. The second-order valence-corrected chi connectivity index (χ2v) is 6.16. The van der Waals surface area contributed by atoms with Crippen LogP contribution in [0.25, 0.3) is 0 Å². The third-order valence-corrected chi connectivity index (χ3v) is 4.25. The number of β-amino-alcohol motifs (C(OH)–C–C–N with tert-alkyl or cyclic N) is 1. The molecule has 0 unspecified atom stereocenters. The summed E-state index contributed by atoms with van der Waals surface area (Å²) < 4.78 is 5.02. The van der Waals surface area contributed by atoms with Crippen molar-refractivity contribution >= 4 is 11.7 Å². The molecule has 24 heavy (non-hydrogen) atoms. The molecule has 0 aliphatic carbocycles. The zero-order valence-electron chi connectivity index (χ0n) is 13.7. The molecule has 0 radical (unpaired) electrons. The Balaban J connectivity index is 1.60. The molecule has 2 aromatic heterocycles. The van der Waals surface area contributed by atoms with Crippen molar-refractivity contribution < 1.29 is 14.4 Å². The van der Waals surface area contributed by atoms with E-state index >= 15 is 0 Å². The minimum Gasteiger partial charge on any atom is -0.386 e. The summed E-state index contributed by atoms with van der Waals surface area (Å²) in [5.41, 5.74) is -0.253. The molecule has 1 amide bonds. The molecule has 0 bridgehead atoms. The fourth-order valence-electron chi connectivity index (χ4n) is 2.91. The largest absolute Gasteiger partial charge is 0.386 e. The van der Waals surface area contributed by atoms with Gasteiger partial charge in [-0.25, -0.2) is 4.98 Å². The van der Waals surface area contributed by atoms with Gasteiger partial charge in [0, 0.05) is 31.9 Å². The number of hydrogen-bond donors (Lipinski definition) is 2. The second kappa shape index (κ2) is 7.00. The van der Waals surface area contributed by atoms with Crippen molar-refractivity contribution in [3.63, 3.8) is 0 Å². The number of pyridine rings is 1.